The molecule has 3 rings (SSSR count). The Balaban J connectivity index is 2.24. The number of hydrogen-bond donors (Lipinski definition) is 1. The Hall–Kier alpha value is -2.83. The number of esters is 1. The van der Waals surface area contributed by atoms with Crippen LogP contribution < -0.4 is 10.1 Å². The van der Waals surface area contributed by atoms with Crippen LogP contribution in [-0.2, 0) is 11.3 Å². The zero-order chi connectivity index (χ0) is 22.6. The first-order valence-electron chi connectivity index (χ1n) is 10.2. The van der Waals surface area contributed by atoms with Gasteiger partial charge in [-0.15, -0.1) is 0 Å². The van der Waals surface area contributed by atoms with Gasteiger partial charge in [-0.05, 0) is 76.2 Å². The SMILES string of the molecule is CCOC(=O)c1nn(-c2ccc(Cl)cc2)c(-c2ccc(OC)cc2)c1CNC(C)(C)C. The third-order valence-electron chi connectivity index (χ3n) is 4.68. The van der Waals surface area contributed by atoms with Crippen LogP contribution in [0.3, 0.4) is 0 Å². The molecule has 2 aromatic carbocycles. The van der Waals surface area contributed by atoms with Gasteiger partial charge in [0.1, 0.15) is 5.75 Å². The van der Waals surface area contributed by atoms with E-state index >= 15 is 0 Å². The second-order valence-corrected chi connectivity index (χ2v) is 8.55. The summed E-state index contributed by atoms with van der Waals surface area (Å²) in [6, 6.07) is 15.0. The van der Waals surface area contributed by atoms with Crippen LogP contribution in [0.15, 0.2) is 48.5 Å². The van der Waals surface area contributed by atoms with E-state index in [4.69, 9.17) is 21.1 Å². The molecule has 0 amide bonds. The minimum absolute atomic E-state index is 0.147. The summed E-state index contributed by atoms with van der Waals surface area (Å²) in [4.78, 5) is 12.8. The molecule has 0 aliphatic heterocycles. The highest BCUT2D eigenvalue weighted by Crippen LogP contribution is 2.32. The Kier molecular flexibility index (Phi) is 7.03. The monoisotopic (exact) mass is 441 g/mol. The van der Waals surface area contributed by atoms with Crippen LogP contribution >= 0.6 is 11.6 Å². The number of benzene rings is 2. The summed E-state index contributed by atoms with van der Waals surface area (Å²) in [6.07, 6.45) is 0. The van der Waals surface area contributed by atoms with Crippen LogP contribution in [0.5, 0.6) is 5.75 Å². The van der Waals surface area contributed by atoms with Crippen LogP contribution in [0, 0.1) is 0 Å². The van der Waals surface area contributed by atoms with Crippen molar-refractivity contribution in [2.45, 2.75) is 39.8 Å². The van der Waals surface area contributed by atoms with Gasteiger partial charge in [0.2, 0.25) is 0 Å². The Morgan fingerprint density at radius 3 is 2.29 bits per heavy atom. The van der Waals surface area contributed by atoms with Gasteiger partial charge in [-0.2, -0.15) is 5.10 Å². The highest BCUT2D eigenvalue weighted by atomic mass is 35.5. The number of methoxy groups -OCH3 is 1. The predicted octanol–water partition coefficient (Wildman–Crippen LogP) is 5.27. The van der Waals surface area contributed by atoms with Crippen molar-refractivity contribution in [3.05, 3.63) is 64.8 Å². The van der Waals surface area contributed by atoms with E-state index < -0.39 is 5.97 Å². The molecule has 0 saturated heterocycles. The molecule has 31 heavy (non-hydrogen) atoms. The van der Waals surface area contributed by atoms with Gasteiger partial charge >= 0.3 is 5.97 Å². The number of rotatable bonds is 7. The van der Waals surface area contributed by atoms with Gasteiger partial charge in [0.05, 0.1) is 25.1 Å². The Bertz CT molecular complexity index is 1040. The molecule has 164 valence electrons. The van der Waals surface area contributed by atoms with E-state index in [1.54, 1.807) is 30.8 Å². The fourth-order valence-electron chi connectivity index (χ4n) is 3.15. The van der Waals surface area contributed by atoms with Crippen molar-refractivity contribution in [2.75, 3.05) is 13.7 Å². The number of halogens is 1. The van der Waals surface area contributed by atoms with E-state index in [1.165, 1.54) is 0 Å². The maximum absolute atomic E-state index is 12.8. The molecule has 0 fully saturated rings. The maximum Gasteiger partial charge on any atom is 0.359 e. The summed E-state index contributed by atoms with van der Waals surface area (Å²) in [6.45, 7) is 8.74. The largest absolute Gasteiger partial charge is 0.497 e. The van der Waals surface area contributed by atoms with Crippen molar-refractivity contribution < 1.29 is 14.3 Å². The number of aromatic nitrogens is 2. The first-order valence-corrected chi connectivity index (χ1v) is 10.6. The van der Waals surface area contributed by atoms with Gasteiger partial charge < -0.3 is 14.8 Å². The van der Waals surface area contributed by atoms with Gasteiger partial charge in [-0.3, -0.25) is 0 Å². The normalized spacial score (nSPS) is 11.4. The van der Waals surface area contributed by atoms with Crippen LogP contribution in [0.4, 0.5) is 0 Å². The number of ether oxygens (including phenoxy) is 2. The van der Waals surface area contributed by atoms with Crippen molar-refractivity contribution in [1.82, 2.24) is 15.1 Å². The van der Waals surface area contributed by atoms with Crippen LogP contribution in [0.25, 0.3) is 16.9 Å². The number of hydrogen-bond acceptors (Lipinski definition) is 5. The van der Waals surface area contributed by atoms with E-state index in [2.05, 4.69) is 31.2 Å². The van der Waals surface area contributed by atoms with Crippen molar-refractivity contribution in [3.8, 4) is 22.7 Å². The quantitative estimate of drug-likeness (QED) is 0.506. The minimum atomic E-state index is -0.448. The van der Waals surface area contributed by atoms with Crippen molar-refractivity contribution in [3.63, 3.8) is 0 Å². The maximum atomic E-state index is 12.8. The topological polar surface area (TPSA) is 65.4 Å². The Morgan fingerprint density at radius 2 is 1.74 bits per heavy atom. The number of nitrogens with one attached hydrogen (secondary N) is 1. The zero-order valence-electron chi connectivity index (χ0n) is 18.5. The van der Waals surface area contributed by atoms with E-state index in [-0.39, 0.29) is 12.1 Å². The van der Waals surface area contributed by atoms with Crippen LogP contribution in [-0.4, -0.2) is 35.0 Å². The molecule has 6 nitrogen and oxygen atoms in total. The molecular formula is C24H28ClN3O3. The molecule has 0 aliphatic rings. The lowest BCUT2D eigenvalue weighted by Crippen LogP contribution is -2.35. The minimum Gasteiger partial charge on any atom is -0.497 e. The summed E-state index contributed by atoms with van der Waals surface area (Å²) in [7, 11) is 1.63. The second kappa shape index (κ2) is 9.54. The lowest BCUT2D eigenvalue weighted by atomic mass is 10.0. The van der Waals surface area contributed by atoms with Gasteiger partial charge in [0, 0.05) is 28.2 Å². The molecule has 0 unspecified atom stereocenters. The fourth-order valence-corrected chi connectivity index (χ4v) is 3.28. The number of carbonyl (C=O) groups is 1. The third-order valence-corrected chi connectivity index (χ3v) is 4.93. The van der Waals surface area contributed by atoms with Gasteiger partial charge in [0.25, 0.3) is 0 Å². The lowest BCUT2D eigenvalue weighted by Gasteiger charge is -2.21. The summed E-state index contributed by atoms with van der Waals surface area (Å²) in [5, 5.41) is 8.78. The highest BCUT2D eigenvalue weighted by molar-refractivity contribution is 6.30. The molecule has 0 radical (unpaired) electrons. The predicted molar refractivity (Wildman–Crippen MR) is 123 cm³/mol. The summed E-state index contributed by atoms with van der Waals surface area (Å²) >= 11 is 6.09. The van der Waals surface area contributed by atoms with E-state index in [0.717, 1.165) is 28.3 Å². The van der Waals surface area contributed by atoms with Crippen molar-refractivity contribution in [2.24, 2.45) is 0 Å². The van der Waals surface area contributed by atoms with Gasteiger partial charge in [0.15, 0.2) is 5.69 Å². The zero-order valence-corrected chi connectivity index (χ0v) is 19.3. The first kappa shape index (κ1) is 22.8. The Labute approximate surface area is 188 Å². The van der Waals surface area contributed by atoms with Crippen molar-refractivity contribution in [1.29, 1.82) is 0 Å². The lowest BCUT2D eigenvalue weighted by molar-refractivity contribution is 0.0517. The fraction of sp³-hybridized carbons (Fsp3) is 0.333. The smallest absolute Gasteiger partial charge is 0.359 e. The van der Waals surface area contributed by atoms with Crippen LogP contribution in [0.2, 0.25) is 5.02 Å². The molecule has 1 heterocycles. The summed E-state index contributed by atoms with van der Waals surface area (Å²) < 4.78 is 12.4. The molecule has 1 aromatic heterocycles. The van der Waals surface area contributed by atoms with Gasteiger partial charge in [-0.1, -0.05) is 11.6 Å². The number of nitrogens with zero attached hydrogens (tertiary/aromatic N) is 2. The van der Waals surface area contributed by atoms with E-state index in [1.807, 2.05) is 36.4 Å². The molecule has 0 aliphatic carbocycles. The van der Waals surface area contributed by atoms with Crippen LogP contribution in [0.1, 0.15) is 43.7 Å². The molecule has 1 N–H and O–H groups in total. The van der Waals surface area contributed by atoms with Crippen molar-refractivity contribution >= 4 is 17.6 Å². The average molecular weight is 442 g/mol. The molecule has 0 bridgehead atoms. The molecule has 0 saturated carbocycles. The molecular weight excluding hydrogens is 414 g/mol. The second-order valence-electron chi connectivity index (χ2n) is 8.12. The standard InChI is InChI=1S/C24H28ClN3O3/c1-6-31-23(29)21-20(15-26-24(2,3)4)22(16-7-13-19(30-5)14-8-16)28(27-21)18-11-9-17(25)10-12-18/h7-14,26H,6,15H2,1-5H3. The average Bonchev–Trinajstić information content (AvgIpc) is 3.12. The summed E-state index contributed by atoms with van der Waals surface area (Å²) in [5.74, 6) is 0.303. The van der Waals surface area contributed by atoms with Gasteiger partial charge in [-0.25, -0.2) is 9.48 Å². The third kappa shape index (κ3) is 5.46. The van der Waals surface area contributed by atoms with E-state index in [0.29, 0.717) is 17.3 Å². The molecule has 0 spiro atoms. The molecule has 3 aromatic rings. The number of carbonyl (C=O) groups excluding carboxylic acids is 1. The summed E-state index contributed by atoms with van der Waals surface area (Å²) in [5.41, 5.74) is 3.43. The first-order chi connectivity index (χ1) is 14.7. The molecule has 0 atom stereocenters. The Morgan fingerprint density at radius 1 is 1.10 bits per heavy atom. The molecule has 7 heteroatoms. The highest BCUT2D eigenvalue weighted by Gasteiger charge is 2.26. The van der Waals surface area contributed by atoms with E-state index in [9.17, 15) is 4.79 Å².